The van der Waals surface area contributed by atoms with Crippen LogP contribution in [0, 0.1) is 25.6 Å². The molecule has 0 aliphatic heterocycles. The number of nitro benzene ring substituents is 2. The molecule has 0 saturated heterocycles. The van der Waals surface area contributed by atoms with Crippen molar-refractivity contribution in [3.8, 4) is 0 Å². The van der Waals surface area contributed by atoms with E-state index in [2.05, 4.69) is 5.16 Å². The van der Waals surface area contributed by atoms with E-state index in [0.29, 0.717) is 5.56 Å². The maximum atomic E-state index is 10.6. The summed E-state index contributed by atoms with van der Waals surface area (Å²) in [6.07, 6.45) is 0. The molecule has 2 rings (SSSR count). The van der Waals surface area contributed by atoms with E-state index in [1.807, 2.05) is 0 Å². The zero-order chi connectivity index (χ0) is 17.7. The van der Waals surface area contributed by atoms with Gasteiger partial charge in [0.2, 0.25) is 5.90 Å². The summed E-state index contributed by atoms with van der Waals surface area (Å²) in [7, 11) is 0. The predicted octanol–water partition coefficient (Wildman–Crippen LogP) is 2.17. The summed E-state index contributed by atoms with van der Waals surface area (Å²) in [5.74, 6) is -0.425. The zero-order valence-corrected chi connectivity index (χ0v) is 12.1. The Morgan fingerprint density at radius 2 is 1.33 bits per heavy atom. The lowest BCUT2D eigenvalue weighted by molar-refractivity contribution is -0.385. The van der Waals surface area contributed by atoms with Gasteiger partial charge in [-0.1, -0.05) is 5.16 Å². The van der Waals surface area contributed by atoms with Crippen LogP contribution in [-0.4, -0.2) is 21.6 Å². The maximum Gasteiger partial charge on any atom is 0.269 e. The summed E-state index contributed by atoms with van der Waals surface area (Å²) >= 11 is 0. The van der Waals surface area contributed by atoms with Crippen molar-refractivity contribution in [2.75, 3.05) is 0 Å². The molecule has 2 aromatic rings. The number of amidine groups is 1. The fourth-order valence-electron chi connectivity index (χ4n) is 1.69. The molecule has 0 aliphatic carbocycles. The number of nitrogens with two attached hydrogens (primary N) is 1. The Bertz CT molecular complexity index is 814. The van der Waals surface area contributed by atoms with Gasteiger partial charge in [-0.25, -0.2) is 0 Å². The molecule has 3 N–H and O–H groups in total. The van der Waals surface area contributed by atoms with Gasteiger partial charge in [0.15, 0.2) is 5.84 Å². The maximum absolute atomic E-state index is 10.6. The van der Waals surface area contributed by atoms with Gasteiger partial charge in [-0.05, 0) is 24.3 Å². The molecule has 0 aromatic heterocycles. The number of nitro groups is 2. The molecule has 122 valence electrons. The first kappa shape index (κ1) is 16.5. The first-order chi connectivity index (χ1) is 11.4. The van der Waals surface area contributed by atoms with Crippen molar-refractivity contribution in [1.29, 1.82) is 5.41 Å². The number of rotatable bonds is 5. The molecule has 10 nitrogen and oxygen atoms in total. The summed E-state index contributed by atoms with van der Waals surface area (Å²) in [6.45, 7) is 0. The van der Waals surface area contributed by atoms with Gasteiger partial charge in [0.05, 0.1) is 9.85 Å². The summed E-state index contributed by atoms with van der Waals surface area (Å²) in [4.78, 5) is 24.9. The van der Waals surface area contributed by atoms with Crippen molar-refractivity contribution in [1.82, 2.24) is 0 Å². The monoisotopic (exact) mass is 329 g/mol. The number of non-ortho nitro benzene ring substituents is 2. The van der Waals surface area contributed by atoms with Crippen LogP contribution in [0.2, 0.25) is 0 Å². The van der Waals surface area contributed by atoms with Crippen LogP contribution in [0.1, 0.15) is 11.1 Å². The highest BCUT2D eigenvalue weighted by molar-refractivity contribution is 5.98. The van der Waals surface area contributed by atoms with Gasteiger partial charge < -0.3 is 10.6 Å². The van der Waals surface area contributed by atoms with Gasteiger partial charge in [-0.2, -0.15) is 0 Å². The van der Waals surface area contributed by atoms with Gasteiger partial charge in [0.25, 0.3) is 11.4 Å². The van der Waals surface area contributed by atoms with Crippen molar-refractivity contribution in [3.05, 3.63) is 79.9 Å². The van der Waals surface area contributed by atoms with Crippen molar-refractivity contribution in [3.63, 3.8) is 0 Å². The molecule has 0 radical (unpaired) electrons. The molecule has 0 saturated carbocycles. The first-order valence-electron chi connectivity index (χ1n) is 6.47. The molecule has 0 bridgehead atoms. The normalized spacial score (nSPS) is 10.9. The number of hydrogen-bond acceptors (Lipinski definition) is 7. The third-order valence-electron chi connectivity index (χ3n) is 2.95. The van der Waals surface area contributed by atoms with Crippen molar-refractivity contribution in [2.24, 2.45) is 10.9 Å². The van der Waals surface area contributed by atoms with E-state index in [1.54, 1.807) is 0 Å². The molecule has 0 unspecified atom stereocenters. The van der Waals surface area contributed by atoms with Gasteiger partial charge in [0.1, 0.15) is 0 Å². The van der Waals surface area contributed by atoms with Crippen LogP contribution >= 0.6 is 0 Å². The Labute approximate surface area is 135 Å². The highest BCUT2D eigenvalue weighted by atomic mass is 16.6. The number of oxime groups is 1. The number of nitrogens with one attached hydrogen (secondary N) is 1. The van der Waals surface area contributed by atoms with Gasteiger partial charge in [-0.3, -0.25) is 25.6 Å². The van der Waals surface area contributed by atoms with Gasteiger partial charge >= 0.3 is 0 Å². The minimum atomic E-state index is -0.557. The molecule has 0 heterocycles. The van der Waals surface area contributed by atoms with Crippen LogP contribution < -0.4 is 5.73 Å². The third-order valence-corrected chi connectivity index (χ3v) is 2.95. The SMILES string of the molecule is N=C(O/N=C(/N)c1ccc([N+](=O)[O-])cc1)c1ccc([N+](=O)[O-])cc1. The van der Waals surface area contributed by atoms with Crippen LogP contribution in [0.4, 0.5) is 11.4 Å². The van der Waals surface area contributed by atoms with E-state index >= 15 is 0 Å². The van der Waals surface area contributed by atoms with Crippen LogP contribution in [-0.2, 0) is 4.84 Å². The van der Waals surface area contributed by atoms with Crippen LogP contribution in [0.3, 0.4) is 0 Å². The van der Waals surface area contributed by atoms with Crippen molar-refractivity contribution in [2.45, 2.75) is 0 Å². The van der Waals surface area contributed by atoms with Crippen LogP contribution in [0.5, 0.6) is 0 Å². The molecule has 24 heavy (non-hydrogen) atoms. The second-order valence-electron chi connectivity index (χ2n) is 4.50. The lowest BCUT2D eigenvalue weighted by Crippen LogP contribution is -2.15. The van der Waals surface area contributed by atoms with Crippen molar-refractivity contribution < 1.29 is 14.7 Å². The molecule has 10 heteroatoms. The predicted molar refractivity (Wildman–Crippen MR) is 84.8 cm³/mol. The Kier molecular flexibility index (Phi) is 4.80. The second-order valence-corrected chi connectivity index (χ2v) is 4.50. The fourth-order valence-corrected chi connectivity index (χ4v) is 1.69. The fraction of sp³-hybridized carbons (Fsp3) is 0. The molecule has 0 atom stereocenters. The highest BCUT2D eigenvalue weighted by Gasteiger charge is 2.09. The number of hydrogen-bond donors (Lipinski definition) is 2. The molecule has 0 spiro atoms. The zero-order valence-electron chi connectivity index (χ0n) is 12.1. The van der Waals surface area contributed by atoms with Crippen LogP contribution in [0.15, 0.2) is 53.7 Å². The standard InChI is InChI=1S/C14H11N5O5/c15-13(9-1-5-11(6-2-9)18(20)21)17-24-14(16)10-3-7-12(8-4-10)19(22)23/h1-8,16H,(H2,15,17). The smallest absolute Gasteiger partial charge is 0.269 e. The van der Waals surface area contributed by atoms with E-state index in [0.717, 1.165) is 0 Å². The second kappa shape index (κ2) is 6.96. The molecule has 0 aliphatic rings. The van der Waals surface area contributed by atoms with E-state index in [-0.39, 0.29) is 28.7 Å². The minimum absolute atomic E-state index is 0.0726. The van der Waals surface area contributed by atoms with Gasteiger partial charge in [-0.15, -0.1) is 0 Å². The lowest BCUT2D eigenvalue weighted by Gasteiger charge is -2.03. The minimum Gasteiger partial charge on any atom is -0.380 e. The molecular formula is C14H11N5O5. The van der Waals surface area contributed by atoms with Gasteiger partial charge in [0, 0.05) is 35.4 Å². The lowest BCUT2D eigenvalue weighted by atomic mass is 10.2. The Balaban J connectivity index is 2.06. The Morgan fingerprint density at radius 3 is 1.75 bits per heavy atom. The van der Waals surface area contributed by atoms with E-state index in [1.165, 1.54) is 48.5 Å². The van der Waals surface area contributed by atoms with Crippen LogP contribution in [0.25, 0.3) is 0 Å². The summed E-state index contributed by atoms with van der Waals surface area (Å²) in [5.41, 5.74) is 6.14. The summed E-state index contributed by atoms with van der Waals surface area (Å²) in [6, 6.07) is 10.5. The van der Waals surface area contributed by atoms with E-state index in [4.69, 9.17) is 16.0 Å². The molecule has 0 amide bonds. The average molecular weight is 329 g/mol. The first-order valence-corrected chi connectivity index (χ1v) is 6.47. The van der Waals surface area contributed by atoms with Crippen molar-refractivity contribution >= 4 is 23.1 Å². The third kappa shape index (κ3) is 3.88. The topological polar surface area (TPSA) is 158 Å². The highest BCUT2D eigenvalue weighted by Crippen LogP contribution is 2.14. The number of benzene rings is 2. The summed E-state index contributed by atoms with van der Waals surface area (Å²) in [5, 5.41) is 32.4. The molecule has 0 fully saturated rings. The Morgan fingerprint density at radius 1 is 0.917 bits per heavy atom. The van der Waals surface area contributed by atoms with E-state index in [9.17, 15) is 20.2 Å². The van der Waals surface area contributed by atoms with E-state index < -0.39 is 9.85 Å². The summed E-state index contributed by atoms with van der Waals surface area (Å²) < 4.78 is 0. The largest absolute Gasteiger partial charge is 0.380 e. The Hall–Kier alpha value is -3.82. The molecule has 2 aromatic carbocycles. The average Bonchev–Trinajstić information content (AvgIpc) is 2.59. The quantitative estimate of drug-likeness (QED) is 0.370. The number of nitrogens with zero attached hydrogens (tertiary/aromatic N) is 3. The molecular weight excluding hydrogens is 318 g/mol.